The Bertz CT molecular complexity index is 190. The van der Waals surface area contributed by atoms with Crippen LogP contribution in [-0.4, -0.2) is 48.6 Å². The Labute approximate surface area is 116 Å². The Morgan fingerprint density at radius 1 is 0.947 bits per heavy atom. The summed E-state index contributed by atoms with van der Waals surface area (Å²) in [6.45, 7) is 6.34. The molecule has 0 saturated carbocycles. The van der Waals surface area contributed by atoms with Gasteiger partial charge in [-0.25, -0.2) is 0 Å². The number of Topliss-reactive ketones (excluding diaryl/α,β-unsaturated/α-hetero) is 2. The number of aliphatic hydroxyl groups is 1. The third kappa shape index (κ3) is 60.9. The van der Waals surface area contributed by atoms with Gasteiger partial charge in [0.25, 0.3) is 0 Å². The van der Waals surface area contributed by atoms with Crippen LogP contribution in [0, 0.1) is 0 Å². The van der Waals surface area contributed by atoms with E-state index in [1.165, 1.54) is 20.8 Å². The van der Waals surface area contributed by atoms with E-state index in [1.807, 2.05) is 6.92 Å². The van der Waals surface area contributed by atoms with Gasteiger partial charge in [0.1, 0.15) is 0 Å². The molecule has 0 saturated heterocycles. The van der Waals surface area contributed by atoms with Crippen molar-refractivity contribution in [2.75, 3.05) is 20.5 Å². The van der Waals surface area contributed by atoms with E-state index < -0.39 is 0 Å². The Morgan fingerprint density at radius 3 is 1.42 bits per heavy atom. The molecule has 0 aromatic heterocycles. The lowest BCUT2D eigenvalue weighted by Crippen LogP contribution is -2.03. The quantitative estimate of drug-likeness (QED) is 0.352. The SMILES string of the molecule is C.C.CC(=O)C(C)=O.CCOCOC(C)=O.CO.O. The number of ether oxygens (including phenoxy) is 2. The molecule has 0 aliphatic rings. The van der Waals surface area contributed by atoms with Crippen molar-refractivity contribution >= 4 is 17.5 Å². The fourth-order valence-electron chi connectivity index (χ4n) is 0.208. The summed E-state index contributed by atoms with van der Waals surface area (Å²) in [6, 6.07) is 0. The van der Waals surface area contributed by atoms with Crippen LogP contribution in [0.15, 0.2) is 0 Å². The molecule has 0 aromatic rings. The first-order valence-corrected chi connectivity index (χ1v) is 4.59. The molecule has 19 heavy (non-hydrogen) atoms. The minimum Gasteiger partial charge on any atom is -0.439 e. The van der Waals surface area contributed by atoms with Crippen molar-refractivity contribution in [3.8, 4) is 0 Å². The standard InChI is InChI=1S/C5H10O3.C4H6O2.CH4O.2CH4.H2O/c1-3-7-4-8-5(2)6;1-3(5)4(2)6;1-2;;;/h3-4H2,1-2H3;1-2H3;2H,1H3;2*1H4;1H2. The van der Waals surface area contributed by atoms with Crippen LogP contribution in [0.4, 0.5) is 0 Å². The first kappa shape index (κ1) is 36.1. The molecule has 0 aliphatic carbocycles. The Balaban J connectivity index is -0.0000000351. The van der Waals surface area contributed by atoms with Crippen molar-refractivity contribution in [2.45, 2.75) is 42.5 Å². The molecule has 0 fully saturated rings. The number of ketones is 2. The predicted molar refractivity (Wildman–Crippen MR) is 74.8 cm³/mol. The van der Waals surface area contributed by atoms with Gasteiger partial charge in [0.15, 0.2) is 18.4 Å². The van der Waals surface area contributed by atoms with Gasteiger partial charge in [-0.3, -0.25) is 14.4 Å². The van der Waals surface area contributed by atoms with Crippen LogP contribution in [0.5, 0.6) is 0 Å². The summed E-state index contributed by atoms with van der Waals surface area (Å²) in [7, 11) is 1.00. The van der Waals surface area contributed by atoms with Crippen LogP contribution in [0.25, 0.3) is 0 Å². The zero-order chi connectivity index (χ0) is 13.6. The van der Waals surface area contributed by atoms with Crippen molar-refractivity contribution in [3.63, 3.8) is 0 Å². The molecule has 0 bridgehead atoms. The van der Waals surface area contributed by atoms with E-state index in [0.717, 1.165) is 7.11 Å². The summed E-state index contributed by atoms with van der Waals surface area (Å²) in [5.74, 6) is -1.07. The molecule has 0 amide bonds. The molecule has 3 N–H and O–H groups in total. The summed E-state index contributed by atoms with van der Waals surface area (Å²) < 4.78 is 9.12. The van der Waals surface area contributed by atoms with E-state index in [1.54, 1.807) is 0 Å². The van der Waals surface area contributed by atoms with Crippen molar-refractivity contribution in [1.82, 2.24) is 0 Å². The van der Waals surface area contributed by atoms with E-state index in [4.69, 9.17) is 9.84 Å². The molecule has 7 heteroatoms. The van der Waals surface area contributed by atoms with Crippen molar-refractivity contribution in [3.05, 3.63) is 0 Å². The van der Waals surface area contributed by atoms with Gasteiger partial charge in [0, 0.05) is 34.5 Å². The van der Waals surface area contributed by atoms with E-state index in [0.29, 0.717) is 6.61 Å². The highest BCUT2D eigenvalue weighted by Gasteiger charge is 1.94. The third-order valence-electron chi connectivity index (χ3n) is 1.05. The lowest BCUT2D eigenvalue weighted by atomic mass is 10.3. The van der Waals surface area contributed by atoms with Crippen LogP contribution in [0.1, 0.15) is 42.5 Å². The highest BCUT2D eigenvalue weighted by atomic mass is 16.7. The molecular formula is C12H30O7. The number of carbonyl (C=O) groups excluding carboxylic acids is 3. The maximum atomic E-state index is 10.0. The number of aliphatic hydroxyl groups excluding tert-OH is 1. The normalized spacial score (nSPS) is 6.42. The molecule has 0 heterocycles. The molecule has 120 valence electrons. The van der Waals surface area contributed by atoms with Crippen LogP contribution >= 0.6 is 0 Å². The minimum absolute atomic E-state index is 0. The maximum absolute atomic E-state index is 10.0. The maximum Gasteiger partial charge on any atom is 0.304 e. The molecule has 7 nitrogen and oxygen atoms in total. The predicted octanol–water partition coefficient (Wildman–Crippen LogP) is 0.764. The lowest BCUT2D eigenvalue weighted by Gasteiger charge is -1.98. The van der Waals surface area contributed by atoms with Crippen LogP contribution in [-0.2, 0) is 23.9 Å². The van der Waals surface area contributed by atoms with E-state index in [9.17, 15) is 14.4 Å². The molecule has 0 radical (unpaired) electrons. The molecule has 0 aliphatic heterocycles. The molecule has 0 aromatic carbocycles. The smallest absolute Gasteiger partial charge is 0.304 e. The topological polar surface area (TPSA) is 121 Å². The van der Waals surface area contributed by atoms with Crippen LogP contribution in [0.2, 0.25) is 0 Å². The molecule has 0 spiro atoms. The van der Waals surface area contributed by atoms with Gasteiger partial charge < -0.3 is 20.1 Å². The average molecular weight is 286 g/mol. The van der Waals surface area contributed by atoms with E-state index >= 15 is 0 Å². The number of hydrogen-bond acceptors (Lipinski definition) is 6. The van der Waals surface area contributed by atoms with Crippen LogP contribution < -0.4 is 0 Å². The van der Waals surface area contributed by atoms with E-state index in [-0.39, 0.29) is 44.7 Å². The monoisotopic (exact) mass is 286 g/mol. The summed E-state index contributed by atoms with van der Waals surface area (Å²) in [5.41, 5.74) is 0. The summed E-state index contributed by atoms with van der Waals surface area (Å²) in [4.78, 5) is 29.6. The minimum atomic E-state index is -0.380. The second kappa shape index (κ2) is 30.1. The molecular weight excluding hydrogens is 256 g/mol. The van der Waals surface area contributed by atoms with Gasteiger partial charge in [0.05, 0.1) is 0 Å². The fourth-order valence-corrected chi connectivity index (χ4v) is 0.208. The van der Waals surface area contributed by atoms with E-state index in [2.05, 4.69) is 4.74 Å². The number of rotatable bonds is 4. The summed E-state index contributed by atoms with van der Waals surface area (Å²) in [6.07, 6.45) is 0. The number of hydrogen-bond donors (Lipinski definition) is 1. The molecule has 0 atom stereocenters. The number of esters is 1. The zero-order valence-electron chi connectivity index (χ0n) is 10.9. The van der Waals surface area contributed by atoms with Crippen molar-refractivity contribution in [1.29, 1.82) is 0 Å². The molecule has 0 unspecified atom stereocenters. The van der Waals surface area contributed by atoms with Gasteiger partial charge in [-0.2, -0.15) is 0 Å². The first-order valence-electron chi connectivity index (χ1n) is 4.59. The summed E-state index contributed by atoms with van der Waals surface area (Å²) in [5, 5.41) is 7.00. The van der Waals surface area contributed by atoms with Gasteiger partial charge in [-0.1, -0.05) is 14.9 Å². The third-order valence-corrected chi connectivity index (χ3v) is 1.05. The molecule has 0 rings (SSSR count). The van der Waals surface area contributed by atoms with Crippen molar-refractivity contribution in [2.24, 2.45) is 0 Å². The van der Waals surface area contributed by atoms with Gasteiger partial charge in [-0.15, -0.1) is 0 Å². The number of carbonyl (C=O) groups is 3. The second-order valence-electron chi connectivity index (χ2n) is 2.36. The van der Waals surface area contributed by atoms with Crippen molar-refractivity contribution < 1.29 is 34.4 Å². The highest BCUT2D eigenvalue weighted by molar-refractivity contribution is 6.35. The zero-order valence-corrected chi connectivity index (χ0v) is 10.9. The first-order chi connectivity index (χ1) is 7.41. The second-order valence-corrected chi connectivity index (χ2v) is 2.36. The Morgan fingerprint density at radius 2 is 1.26 bits per heavy atom. The summed E-state index contributed by atoms with van der Waals surface area (Å²) >= 11 is 0. The highest BCUT2D eigenvalue weighted by Crippen LogP contribution is 1.76. The van der Waals surface area contributed by atoms with Gasteiger partial charge in [-0.05, 0) is 6.92 Å². The van der Waals surface area contributed by atoms with Gasteiger partial charge in [0.2, 0.25) is 0 Å². The lowest BCUT2D eigenvalue weighted by molar-refractivity contribution is -0.153. The fraction of sp³-hybridized carbons (Fsp3) is 0.750. The van der Waals surface area contributed by atoms with Crippen LogP contribution in [0.3, 0.4) is 0 Å². The largest absolute Gasteiger partial charge is 0.439 e. The van der Waals surface area contributed by atoms with Gasteiger partial charge >= 0.3 is 5.97 Å². The Kier molecular flexibility index (Phi) is 57.1. The Hall–Kier alpha value is -1.31. The average Bonchev–Trinajstić information content (AvgIpc) is 2.21.